The van der Waals surface area contributed by atoms with Crippen LogP contribution in [0.15, 0.2) is 30.3 Å². The lowest BCUT2D eigenvalue weighted by atomic mass is 10.3. The van der Waals surface area contributed by atoms with Gasteiger partial charge in [0.2, 0.25) is 0 Å². The Morgan fingerprint density at radius 1 is 1.43 bits per heavy atom. The monoisotopic (exact) mass is 193 g/mol. The van der Waals surface area contributed by atoms with E-state index in [1.54, 1.807) is 0 Å². The molecule has 0 aromatic rings. The first-order valence-electron chi connectivity index (χ1n) is 5.09. The second kappa shape index (κ2) is 6.38. The molecule has 14 heavy (non-hydrogen) atoms. The minimum atomic E-state index is 0.877. The van der Waals surface area contributed by atoms with E-state index in [1.165, 1.54) is 5.84 Å². The van der Waals surface area contributed by atoms with Crippen molar-refractivity contribution in [1.82, 2.24) is 10.2 Å². The SMILES string of the molecule is C=CCNCCN1CCN=C1CC=C. The van der Waals surface area contributed by atoms with E-state index in [4.69, 9.17) is 0 Å². The fraction of sp³-hybridized carbons (Fsp3) is 0.545. The number of rotatable bonds is 7. The van der Waals surface area contributed by atoms with E-state index in [-0.39, 0.29) is 0 Å². The van der Waals surface area contributed by atoms with E-state index in [9.17, 15) is 0 Å². The molecule has 1 aliphatic heterocycles. The standard InChI is InChI=1S/C11H19N3/c1-3-5-11-13-8-10-14(11)9-7-12-6-4-2/h3-4,12H,1-2,5-10H2. The summed E-state index contributed by atoms with van der Waals surface area (Å²) in [4.78, 5) is 6.75. The summed E-state index contributed by atoms with van der Waals surface area (Å²) in [6.07, 6.45) is 4.68. The van der Waals surface area contributed by atoms with Crippen LogP contribution in [0.1, 0.15) is 6.42 Å². The lowest BCUT2D eigenvalue weighted by Gasteiger charge is -2.19. The maximum absolute atomic E-state index is 4.43. The fourth-order valence-corrected chi connectivity index (χ4v) is 1.51. The zero-order valence-electron chi connectivity index (χ0n) is 8.71. The third-order valence-corrected chi connectivity index (χ3v) is 2.20. The summed E-state index contributed by atoms with van der Waals surface area (Å²) in [5.41, 5.74) is 0. The van der Waals surface area contributed by atoms with Crippen molar-refractivity contribution in [2.45, 2.75) is 6.42 Å². The fourth-order valence-electron chi connectivity index (χ4n) is 1.51. The third-order valence-electron chi connectivity index (χ3n) is 2.20. The average Bonchev–Trinajstić information content (AvgIpc) is 2.61. The Labute approximate surface area is 86.2 Å². The van der Waals surface area contributed by atoms with Crippen molar-refractivity contribution in [3.05, 3.63) is 25.3 Å². The van der Waals surface area contributed by atoms with Gasteiger partial charge in [0.05, 0.1) is 6.54 Å². The molecule has 3 heteroatoms. The van der Waals surface area contributed by atoms with Crippen LogP contribution in [0.4, 0.5) is 0 Å². The van der Waals surface area contributed by atoms with Gasteiger partial charge in [-0.2, -0.15) is 0 Å². The van der Waals surface area contributed by atoms with Gasteiger partial charge in [-0.25, -0.2) is 0 Å². The molecule has 0 atom stereocenters. The van der Waals surface area contributed by atoms with Gasteiger partial charge in [0.25, 0.3) is 0 Å². The molecule has 1 heterocycles. The third kappa shape index (κ3) is 3.34. The smallest absolute Gasteiger partial charge is 0.103 e. The van der Waals surface area contributed by atoms with Crippen molar-refractivity contribution in [2.24, 2.45) is 4.99 Å². The Kier molecular flexibility index (Phi) is 5.00. The molecule has 0 saturated carbocycles. The molecule has 0 fully saturated rings. The molecule has 0 aliphatic carbocycles. The Hall–Kier alpha value is -1.09. The number of amidine groups is 1. The van der Waals surface area contributed by atoms with Crippen LogP contribution >= 0.6 is 0 Å². The molecule has 0 amide bonds. The van der Waals surface area contributed by atoms with Crippen molar-refractivity contribution in [2.75, 3.05) is 32.7 Å². The van der Waals surface area contributed by atoms with E-state index in [2.05, 4.69) is 28.4 Å². The van der Waals surface area contributed by atoms with Gasteiger partial charge in [-0.15, -0.1) is 13.2 Å². The van der Waals surface area contributed by atoms with E-state index >= 15 is 0 Å². The molecule has 1 aliphatic rings. The Morgan fingerprint density at radius 3 is 3.00 bits per heavy atom. The predicted octanol–water partition coefficient (Wildman–Crippen LogP) is 1.05. The molecule has 0 aromatic heterocycles. The molecular weight excluding hydrogens is 174 g/mol. The summed E-state index contributed by atoms with van der Waals surface area (Å²) in [5, 5.41) is 3.28. The normalized spacial score (nSPS) is 15.4. The first kappa shape index (κ1) is 11.0. The maximum Gasteiger partial charge on any atom is 0.103 e. The molecule has 0 unspecified atom stereocenters. The summed E-state index contributed by atoms with van der Waals surface area (Å²) in [5.74, 6) is 1.18. The molecule has 1 N–H and O–H groups in total. The van der Waals surface area contributed by atoms with Crippen LogP contribution in [0.2, 0.25) is 0 Å². The molecule has 78 valence electrons. The average molecular weight is 193 g/mol. The number of nitrogens with zero attached hydrogens (tertiary/aromatic N) is 2. The van der Waals surface area contributed by atoms with Crippen LogP contribution in [0.25, 0.3) is 0 Å². The second-order valence-electron chi connectivity index (χ2n) is 3.27. The van der Waals surface area contributed by atoms with Gasteiger partial charge < -0.3 is 10.2 Å². The molecule has 3 nitrogen and oxygen atoms in total. The second-order valence-corrected chi connectivity index (χ2v) is 3.27. The quantitative estimate of drug-likeness (QED) is 0.483. The molecule has 0 saturated heterocycles. The summed E-state index contributed by atoms with van der Waals surface area (Å²) in [7, 11) is 0. The summed E-state index contributed by atoms with van der Waals surface area (Å²) in [6, 6.07) is 0. The first-order chi connectivity index (χ1) is 6.88. The Balaban J connectivity index is 2.20. The molecule has 0 spiro atoms. The van der Waals surface area contributed by atoms with Gasteiger partial charge in [-0.3, -0.25) is 4.99 Å². The van der Waals surface area contributed by atoms with Gasteiger partial charge in [-0.1, -0.05) is 12.2 Å². The van der Waals surface area contributed by atoms with Crippen molar-refractivity contribution in [3.8, 4) is 0 Å². The topological polar surface area (TPSA) is 27.6 Å². The van der Waals surface area contributed by atoms with Gasteiger partial charge in [-0.05, 0) is 0 Å². The number of hydrogen-bond donors (Lipinski definition) is 1. The number of hydrogen-bond acceptors (Lipinski definition) is 3. The van der Waals surface area contributed by atoms with Crippen LogP contribution in [0.5, 0.6) is 0 Å². The minimum absolute atomic E-state index is 0.877. The summed E-state index contributed by atoms with van der Waals surface area (Å²) in [6.45, 7) is 12.3. The molecule has 1 rings (SSSR count). The van der Waals surface area contributed by atoms with E-state index in [0.29, 0.717) is 0 Å². The lowest BCUT2D eigenvalue weighted by Crippen LogP contribution is -2.34. The van der Waals surface area contributed by atoms with Crippen molar-refractivity contribution < 1.29 is 0 Å². The maximum atomic E-state index is 4.43. The van der Waals surface area contributed by atoms with E-state index in [0.717, 1.165) is 39.1 Å². The van der Waals surface area contributed by atoms with Crippen LogP contribution < -0.4 is 5.32 Å². The minimum Gasteiger partial charge on any atom is -0.357 e. The molecule has 0 aromatic carbocycles. The Morgan fingerprint density at radius 2 is 2.29 bits per heavy atom. The van der Waals surface area contributed by atoms with Crippen LogP contribution in [0, 0.1) is 0 Å². The highest BCUT2D eigenvalue weighted by Gasteiger charge is 2.13. The van der Waals surface area contributed by atoms with Crippen molar-refractivity contribution in [3.63, 3.8) is 0 Å². The molecule has 0 radical (unpaired) electrons. The highest BCUT2D eigenvalue weighted by atomic mass is 15.2. The molecule has 0 bridgehead atoms. The predicted molar refractivity (Wildman–Crippen MR) is 61.8 cm³/mol. The zero-order valence-corrected chi connectivity index (χ0v) is 8.71. The van der Waals surface area contributed by atoms with Crippen molar-refractivity contribution in [1.29, 1.82) is 0 Å². The first-order valence-corrected chi connectivity index (χ1v) is 5.09. The summed E-state index contributed by atoms with van der Waals surface area (Å²) >= 11 is 0. The number of aliphatic imine (C=N–C) groups is 1. The van der Waals surface area contributed by atoms with E-state index in [1.807, 2.05) is 12.2 Å². The van der Waals surface area contributed by atoms with Crippen LogP contribution in [0.3, 0.4) is 0 Å². The summed E-state index contributed by atoms with van der Waals surface area (Å²) < 4.78 is 0. The van der Waals surface area contributed by atoms with Crippen LogP contribution in [-0.2, 0) is 0 Å². The van der Waals surface area contributed by atoms with Gasteiger partial charge >= 0.3 is 0 Å². The highest BCUT2D eigenvalue weighted by Crippen LogP contribution is 2.04. The van der Waals surface area contributed by atoms with Gasteiger partial charge in [0.15, 0.2) is 0 Å². The lowest BCUT2D eigenvalue weighted by molar-refractivity contribution is 0.444. The zero-order chi connectivity index (χ0) is 10.2. The number of nitrogens with one attached hydrogen (secondary N) is 1. The van der Waals surface area contributed by atoms with Crippen LogP contribution in [-0.4, -0.2) is 43.5 Å². The van der Waals surface area contributed by atoms with Gasteiger partial charge in [0.1, 0.15) is 5.84 Å². The van der Waals surface area contributed by atoms with Crippen molar-refractivity contribution >= 4 is 5.84 Å². The van der Waals surface area contributed by atoms with Gasteiger partial charge in [0, 0.05) is 32.6 Å². The Bertz CT molecular complexity index is 221. The largest absolute Gasteiger partial charge is 0.357 e. The molecular formula is C11H19N3. The highest BCUT2D eigenvalue weighted by molar-refractivity contribution is 5.84. The van der Waals surface area contributed by atoms with E-state index < -0.39 is 0 Å².